The lowest BCUT2D eigenvalue weighted by molar-refractivity contribution is -0.142. The molecule has 1 aliphatic rings. The Bertz CT molecular complexity index is 1280. The maximum Gasteiger partial charge on any atom is 0.310 e. The third-order valence-corrected chi connectivity index (χ3v) is 5.84. The molecule has 1 aromatic heterocycles. The highest BCUT2D eigenvalue weighted by molar-refractivity contribution is 6.08. The van der Waals surface area contributed by atoms with Gasteiger partial charge in [-0.15, -0.1) is 0 Å². The van der Waals surface area contributed by atoms with Crippen molar-refractivity contribution in [3.8, 4) is 16.9 Å². The zero-order chi connectivity index (χ0) is 20.7. The summed E-state index contributed by atoms with van der Waals surface area (Å²) in [5.74, 6) is 0.670. The number of benzene rings is 3. The second kappa shape index (κ2) is 7.45. The van der Waals surface area contributed by atoms with Crippen LogP contribution in [0.2, 0.25) is 0 Å². The number of hydrogen-bond donors (Lipinski definition) is 0. The minimum absolute atomic E-state index is 0.212. The first-order valence-electron chi connectivity index (χ1n) is 10.4. The van der Waals surface area contributed by atoms with Crippen molar-refractivity contribution in [3.63, 3.8) is 0 Å². The van der Waals surface area contributed by atoms with Gasteiger partial charge < -0.3 is 9.47 Å². The standard InChI is InChI=1S/C26H23NO3/c1-3-29-23(28)15-21-16(2)14-18-6-4-5-7-19(18)25(21)20-8-9-22-24-17(11-13-30-22)10-12-27-26(20)24/h4-10,12,14H,3,11,13,15H2,1-2H3. The molecule has 0 atom stereocenters. The van der Waals surface area contributed by atoms with Crippen molar-refractivity contribution in [2.45, 2.75) is 26.7 Å². The first kappa shape index (κ1) is 18.6. The predicted molar refractivity (Wildman–Crippen MR) is 119 cm³/mol. The summed E-state index contributed by atoms with van der Waals surface area (Å²) in [6.07, 6.45) is 2.98. The van der Waals surface area contributed by atoms with Crippen molar-refractivity contribution >= 4 is 27.6 Å². The van der Waals surface area contributed by atoms with Gasteiger partial charge >= 0.3 is 5.97 Å². The number of fused-ring (bicyclic) bond motifs is 1. The Labute approximate surface area is 175 Å². The summed E-state index contributed by atoms with van der Waals surface area (Å²) >= 11 is 0. The number of carbonyl (C=O) groups excluding carboxylic acids is 1. The van der Waals surface area contributed by atoms with Gasteiger partial charge in [0.15, 0.2) is 0 Å². The Morgan fingerprint density at radius 1 is 1.17 bits per heavy atom. The zero-order valence-corrected chi connectivity index (χ0v) is 17.2. The number of aryl methyl sites for hydroxylation is 1. The average molecular weight is 397 g/mol. The Morgan fingerprint density at radius 3 is 2.90 bits per heavy atom. The monoisotopic (exact) mass is 397 g/mol. The number of nitrogens with zero attached hydrogens (tertiary/aromatic N) is 1. The molecule has 0 unspecified atom stereocenters. The van der Waals surface area contributed by atoms with E-state index in [4.69, 9.17) is 14.5 Å². The summed E-state index contributed by atoms with van der Waals surface area (Å²) in [5, 5.41) is 3.34. The number of pyridine rings is 1. The van der Waals surface area contributed by atoms with Crippen molar-refractivity contribution in [1.29, 1.82) is 0 Å². The van der Waals surface area contributed by atoms with E-state index in [1.54, 1.807) is 0 Å². The lowest BCUT2D eigenvalue weighted by atomic mass is 9.87. The highest BCUT2D eigenvalue weighted by Crippen LogP contribution is 2.42. The fourth-order valence-corrected chi connectivity index (χ4v) is 4.53. The Morgan fingerprint density at radius 2 is 2.03 bits per heavy atom. The van der Waals surface area contributed by atoms with Crippen LogP contribution in [0.25, 0.3) is 32.8 Å². The predicted octanol–water partition coefficient (Wildman–Crippen LogP) is 5.40. The molecular formula is C26H23NO3. The minimum atomic E-state index is -0.212. The molecule has 5 rings (SSSR count). The fourth-order valence-electron chi connectivity index (χ4n) is 4.53. The summed E-state index contributed by atoms with van der Waals surface area (Å²) < 4.78 is 11.2. The molecule has 0 saturated heterocycles. The molecule has 0 aliphatic carbocycles. The van der Waals surface area contributed by atoms with Gasteiger partial charge in [0.2, 0.25) is 0 Å². The zero-order valence-electron chi connectivity index (χ0n) is 17.2. The molecule has 0 N–H and O–H groups in total. The van der Waals surface area contributed by atoms with E-state index in [1.807, 2.05) is 31.3 Å². The fraction of sp³-hybridized carbons (Fsp3) is 0.231. The van der Waals surface area contributed by atoms with Gasteiger partial charge in [-0.1, -0.05) is 30.3 Å². The summed E-state index contributed by atoms with van der Waals surface area (Å²) in [6.45, 7) is 4.96. The van der Waals surface area contributed by atoms with Crippen LogP contribution in [0, 0.1) is 6.92 Å². The lowest BCUT2D eigenvalue weighted by Crippen LogP contribution is -2.11. The first-order chi connectivity index (χ1) is 14.7. The Kier molecular flexibility index (Phi) is 4.62. The van der Waals surface area contributed by atoms with Crippen LogP contribution < -0.4 is 4.74 Å². The number of rotatable bonds is 4. The van der Waals surface area contributed by atoms with Crippen LogP contribution >= 0.6 is 0 Å². The van der Waals surface area contributed by atoms with Gasteiger partial charge in [0.05, 0.1) is 25.2 Å². The van der Waals surface area contributed by atoms with Crippen LogP contribution in [-0.4, -0.2) is 24.2 Å². The van der Waals surface area contributed by atoms with Gasteiger partial charge in [-0.05, 0) is 65.1 Å². The molecule has 4 heteroatoms. The maximum absolute atomic E-state index is 12.5. The molecular weight excluding hydrogens is 374 g/mol. The Hall–Kier alpha value is -3.40. The van der Waals surface area contributed by atoms with Gasteiger partial charge in [-0.3, -0.25) is 9.78 Å². The number of carbonyl (C=O) groups is 1. The number of esters is 1. The Balaban J connectivity index is 1.85. The summed E-state index contributed by atoms with van der Waals surface area (Å²) in [5.41, 5.74) is 6.33. The van der Waals surface area contributed by atoms with Gasteiger partial charge in [-0.2, -0.15) is 0 Å². The van der Waals surface area contributed by atoms with Crippen molar-refractivity contribution < 1.29 is 14.3 Å². The molecule has 4 aromatic rings. The van der Waals surface area contributed by atoms with Crippen LogP contribution in [0.1, 0.15) is 23.6 Å². The molecule has 1 aliphatic heterocycles. The lowest BCUT2D eigenvalue weighted by Gasteiger charge is -2.22. The number of hydrogen-bond acceptors (Lipinski definition) is 4. The van der Waals surface area contributed by atoms with Crippen LogP contribution in [0.4, 0.5) is 0 Å². The highest BCUT2D eigenvalue weighted by atomic mass is 16.5. The molecule has 3 aromatic carbocycles. The van der Waals surface area contributed by atoms with Crippen LogP contribution in [0.15, 0.2) is 54.7 Å². The highest BCUT2D eigenvalue weighted by Gasteiger charge is 2.22. The number of ether oxygens (including phenoxy) is 2. The number of aromatic nitrogens is 1. The van der Waals surface area contributed by atoms with E-state index in [1.165, 1.54) is 5.56 Å². The molecule has 0 bridgehead atoms. The van der Waals surface area contributed by atoms with Crippen LogP contribution in [-0.2, 0) is 22.4 Å². The van der Waals surface area contributed by atoms with Crippen molar-refractivity contribution in [3.05, 3.63) is 71.4 Å². The van der Waals surface area contributed by atoms with Gasteiger partial charge in [0.1, 0.15) is 5.75 Å². The van der Waals surface area contributed by atoms with Gasteiger partial charge in [0.25, 0.3) is 0 Å². The SMILES string of the molecule is CCOC(=O)Cc1c(C)cc2ccccc2c1-c1ccc2c3c(ccnc13)CCO2. The molecule has 150 valence electrons. The first-order valence-corrected chi connectivity index (χ1v) is 10.4. The van der Waals surface area contributed by atoms with E-state index in [2.05, 4.69) is 37.3 Å². The molecule has 0 spiro atoms. The van der Waals surface area contributed by atoms with E-state index in [-0.39, 0.29) is 12.4 Å². The second-order valence-electron chi connectivity index (χ2n) is 7.65. The smallest absolute Gasteiger partial charge is 0.310 e. The van der Waals surface area contributed by atoms with Gasteiger partial charge in [-0.25, -0.2) is 0 Å². The third kappa shape index (κ3) is 3.00. The maximum atomic E-state index is 12.5. The van der Waals surface area contributed by atoms with Crippen LogP contribution in [0.3, 0.4) is 0 Å². The molecule has 0 fully saturated rings. The van der Waals surface area contributed by atoms with E-state index in [9.17, 15) is 4.79 Å². The quantitative estimate of drug-likeness (QED) is 0.432. The van der Waals surface area contributed by atoms with E-state index >= 15 is 0 Å². The average Bonchev–Trinajstić information content (AvgIpc) is 2.76. The topological polar surface area (TPSA) is 48.4 Å². The van der Waals surface area contributed by atoms with Crippen molar-refractivity contribution in [2.75, 3.05) is 13.2 Å². The van der Waals surface area contributed by atoms with Crippen molar-refractivity contribution in [1.82, 2.24) is 4.98 Å². The molecule has 0 saturated carbocycles. The van der Waals surface area contributed by atoms with Crippen molar-refractivity contribution in [2.24, 2.45) is 0 Å². The summed E-state index contributed by atoms with van der Waals surface area (Å²) in [4.78, 5) is 17.2. The summed E-state index contributed by atoms with van der Waals surface area (Å²) in [7, 11) is 0. The van der Waals surface area contributed by atoms with Crippen LogP contribution in [0.5, 0.6) is 5.75 Å². The molecule has 30 heavy (non-hydrogen) atoms. The molecule has 2 heterocycles. The third-order valence-electron chi connectivity index (χ3n) is 5.84. The molecule has 0 radical (unpaired) electrons. The second-order valence-corrected chi connectivity index (χ2v) is 7.65. The van der Waals surface area contributed by atoms with E-state index < -0.39 is 0 Å². The van der Waals surface area contributed by atoms with E-state index in [0.717, 1.165) is 56.1 Å². The minimum Gasteiger partial charge on any atom is -0.493 e. The largest absolute Gasteiger partial charge is 0.493 e. The normalized spacial score (nSPS) is 12.7. The molecule has 4 nitrogen and oxygen atoms in total. The summed E-state index contributed by atoms with van der Waals surface area (Å²) in [6, 6.07) is 16.6. The van der Waals surface area contributed by atoms with Gasteiger partial charge in [0, 0.05) is 23.6 Å². The molecule has 0 amide bonds. The van der Waals surface area contributed by atoms with E-state index in [0.29, 0.717) is 13.2 Å².